The second kappa shape index (κ2) is 3.70. The van der Waals surface area contributed by atoms with Gasteiger partial charge in [0.05, 0.1) is 17.0 Å². The standard InChI is InChI=1S/C8H15N3O2S/c1-6-4-5-11(10-6)7(2)8(3)14(9,12)13/h4-5,7-8H,1-3H3,(H2,9,12,13)/t7-,8-/m0/s1. The van der Waals surface area contributed by atoms with Crippen molar-refractivity contribution in [3.63, 3.8) is 0 Å². The highest BCUT2D eigenvalue weighted by atomic mass is 32.2. The molecule has 2 N–H and O–H groups in total. The summed E-state index contributed by atoms with van der Waals surface area (Å²) >= 11 is 0. The first kappa shape index (κ1) is 11.2. The smallest absolute Gasteiger partial charge is 0.213 e. The number of sulfonamides is 1. The van der Waals surface area contributed by atoms with Gasteiger partial charge in [-0.1, -0.05) is 0 Å². The zero-order valence-electron chi connectivity index (χ0n) is 8.51. The third kappa shape index (κ3) is 2.33. The first-order chi connectivity index (χ1) is 6.32. The van der Waals surface area contributed by atoms with Gasteiger partial charge in [-0.3, -0.25) is 4.68 Å². The average Bonchev–Trinajstić information content (AvgIpc) is 2.47. The highest BCUT2D eigenvalue weighted by molar-refractivity contribution is 7.89. The minimum Gasteiger partial charge on any atom is -0.268 e. The van der Waals surface area contributed by atoms with Crippen molar-refractivity contribution in [2.45, 2.75) is 32.1 Å². The summed E-state index contributed by atoms with van der Waals surface area (Å²) in [5.41, 5.74) is 0.860. The van der Waals surface area contributed by atoms with Crippen LogP contribution < -0.4 is 5.14 Å². The van der Waals surface area contributed by atoms with E-state index in [0.717, 1.165) is 5.69 Å². The van der Waals surface area contributed by atoms with Gasteiger partial charge in [0.15, 0.2) is 0 Å². The van der Waals surface area contributed by atoms with E-state index in [9.17, 15) is 8.42 Å². The Morgan fingerprint density at radius 3 is 2.43 bits per heavy atom. The van der Waals surface area contributed by atoms with E-state index in [1.807, 2.05) is 13.0 Å². The van der Waals surface area contributed by atoms with Crippen LogP contribution in [-0.4, -0.2) is 23.4 Å². The molecule has 0 aromatic carbocycles. The van der Waals surface area contributed by atoms with Crippen LogP contribution in [0.15, 0.2) is 12.3 Å². The van der Waals surface area contributed by atoms with Crippen molar-refractivity contribution in [2.24, 2.45) is 5.14 Å². The molecule has 1 rings (SSSR count). The van der Waals surface area contributed by atoms with Crippen molar-refractivity contribution < 1.29 is 8.42 Å². The zero-order chi connectivity index (χ0) is 10.9. The fraction of sp³-hybridized carbons (Fsp3) is 0.625. The molecule has 0 bridgehead atoms. The van der Waals surface area contributed by atoms with Crippen molar-refractivity contribution in [3.05, 3.63) is 18.0 Å². The molecule has 1 heterocycles. The Bertz CT molecular complexity index is 410. The summed E-state index contributed by atoms with van der Waals surface area (Å²) in [6.07, 6.45) is 1.75. The van der Waals surface area contributed by atoms with E-state index in [-0.39, 0.29) is 6.04 Å². The van der Waals surface area contributed by atoms with E-state index in [0.29, 0.717) is 0 Å². The second-order valence-corrected chi connectivity index (χ2v) is 5.39. The number of aromatic nitrogens is 2. The average molecular weight is 217 g/mol. The number of aryl methyl sites for hydroxylation is 1. The lowest BCUT2D eigenvalue weighted by Crippen LogP contribution is -2.33. The number of primary sulfonamides is 1. The summed E-state index contributed by atoms with van der Waals surface area (Å²) < 4.78 is 23.8. The van der Waals surface area contributed by atoms with E-state index >= 15 is 0 Å². The maximum absolute atomic E-state index is 11.1. The topological polar surface area (TPSA) is 78.0 Å². The number of hydrogen-bond donors (Lipinski definition) is 1. The van der Waals surface area contributed by atoms with Crippen LogP contribution in [0.2, 0.25) is 0 Å². The summed E-state index contributed by atoms with van der Waals surface area (Å²) in [6, 6.07) is 1.57. The lowest BCUT2D eigenvalue weighted by Gasteiger charge is -2.18. The Labute approximate surface area is 84.0 Å². The molecule has 0 unspecified atom stereocenters. The fourth-order valence-electron chi connectivity index (χ4n) is 1.15. The number of rotatable bonds is 3. The number of hydrogen-bond acceptors (Lipinski definition) is 3. The Morgan fingerprint density at radius 2 is 2.07 bits per heavy atom. The van der Waals surface area contributed by atoms with Crippen molar-refractivity contribution in [1.29, 1.82) is 0 Å². The molecule has 0 saturated carbocycles. The van der Waals surface area contributed by atoms with E-state index < -0.39 is 15.3 Å². The molecule has 0 amide bonds. The van der Waals surface area contributed by atoms with Crippen LogP contribution in [0.3, 0.4) is 0 Å². The van der Waals surface area contributed by atoms with Crippen LogP contribution >= 0.6 is 0 Å². The van der Waals surface area contributed by atoms with Gasteiger partial charge >= 0.3 is 0 Å². The molecule has 1 aromatic rings. The summed E-state index contributed by atoms with van der Waals surface area (Å²) in [5.74, 6) is 0. The normalized spacial score (nSPS) is 16.6. The first-order valence-electron chi connectivity index (χ1n) is 4.35. The lowest BCUT2D eigenvalue weighted by atomic mass is 10.2. The van der Waals surface area contributed by atoms with Crippen molar-refractivity contribution in [3.8, 4) is 0 Å². The van der Waals surface area contributed by atoms with Gasteiger partial charge in [0.1, 0.15) is 0 Å². The molecular formula is C8H15N3O2S. The molecule has 0 aliphatic heterocycles. The Kier molecular flexibility index (Phi) is 2.96. The number of nitrogens with two attached hydrogens (primary N) is 1. The van der Waals surface area contributed by atoms with Crippen molar-refractivity contribution in [1.82, 2.24) is 9.78 Å². The molecule has 80 valence electrons. The van der Waals surface area contributed by atoms with E-state index in [1.54, 1.807) is 24.7 Å². The molecule has 0 aliphatic carbocycles. The van der Waals surface area contributed by atoms with Gasteiger partial charge in [-0.15, -0.1) is 0 Å². The third-order valence-electron chi connectivity index (χ3n) is 2.36. The van der Waals surface area contributed by atoms with Crippen LogP contribution in [0.1, 0.15) is 25.6 Å². The van der Waals surface area contributed by atoms with Crippen LogP contribution in [0.25, 0.3) is 0 Å². The van der Waals surface area contributed by atoms with E-state index in [2.05, 4.69) is 5.10 Å². The summed E-state index contributed by atoms with van der Waals surface area (Å²) in [4.78, 5) is 0. The molecular weight excluding hydrogens is 202 g/mol. The van der Waals surface area contributed by atoms with Gasteiger partial charge in [-0.05, 0) is 26.8 Å². The maximum atomic E-state index is 11.1. The second-order valence-electron chi connectivity index (χ2n) is 3.47. The van der Waals surface area contributed by atoms with Gasteiger partial charge < -0.3 is 0 Å². The monoisotopic (exact) mass is 217 g/mol. The van der Waals surface area contributed by atoms with Crippen LogP contribution in [0.4, 0.5) is 0 Å². The molecule has 0 aliphatic rings. The third-order valence-corrected chi connectivity index (χ3v) is 3.79. The minimum atomic E-state index is -3.50. The van der Waals surface area contributed by atoms with Crippen LogP contribution in [0.5, 0.6) is 0 Å². The van der Waals surface area contributed by atoms with Gasteiger partial charge in [-0.2, -0.15) is 5.10 Å². The highest BCUT2D eigenvalue weighted by Crippen LogP contribution is 2.15. The fourth-order valence-corrected chi connectivity index (χ4v) is 1.82. The van der Waals surface area contributed by atoms with Crippen molar-refractivity contribution >= 4 is 10.0 Å². The molecule has 14 heavy (non-hydrogen) atoms. The SMILES string of the molecule is Cc1ccn([C@@H](C)[C@H](C)S(N)(=O)=O)n1. The van der Waals surface area contributed by atoms with E-state index in [4.69, 9.17) is 5.14 Å². The Morgan fingerprint density at radius 1 is 1.50 bits per heavy atom. The largest absolute Gasteiger partial charge is 0.268 e. The molecule has 0 saturated heterocycles. The Balaban J connectivity index is 2.91. The summed E-state index contributed by atoms with van der Waals surface area (Å²) in [6.45, 7) is 5.21. The molecule has 2 atom stereocenters. The van der Waals surface area contributed by atoms with Crippen LogP contribution in [0, 0.1) is 6.92 Å². The van der Waals surface area contributed by atoms with Gasteiger partial charge in [0, 0.05) is 6.20 Å². The highest BCUT2D eigenvalue weighted by Gasteiger charge is 2.24. The van der Waals surface area contributed by atoms with Gasteiger partial charge in [-0.25, -0.2) is 13.6 Å². The summed E-state index contributed by atoms with van der Waals surface area (Å²) in [5, 5.41) is 8.56. The predicted octanol–water partition coefficient (Wildman–Crippen LogP) is 0.430. The number of nitrogens with zero attached hydrogens (tertiary/aromatic N) is 2. The van der Waals surface area contributed by atoms with Gasteiger partial charge in [0.2, 0.25) is 10.0 Å². The van der Waals surface area contributed by atoms with Gasteiger partial charge in [0.25, 0.3) is 0 Å². The summed E-state index contributed by atoms with van der Waals surface area (Å²) in [7, 11) is -3.50. The quantitative estimate of drug-likeness (QED) is 0.797. The minimum absolute atomic E-state index is 0.251. The van der Waals surface area contributed by atoms with E-state index in [1.165, 1.54) is 0 Å². The molecule has 1 aromatic heterocycles. The molecule has 0 fully saturated rings. The van der Waals surface area contributed by atoms with Crippen molar-refractivity contribution in [2.75, 3.05) is 0 Å². The maximum Gasteiger partial charge on any atom is 0.213 e. The Hall–Kier alpha value is -0.880. The molecule has 6 heteroatoms. The molecule has 0 radical (unpaired) electrons. The molecule has 5 nitrogen and oxygen atoms in total. The zero-order valence-corrected chi connectivity index (χ0v) is 9.32. The molecule has 0 spiro atoms. The predicted molar refractivity (Wildman–Crippen MR) is 54.2 cm³/mol. The van der Waals surface area contributed by atoms with Crippen LogP contribution in [-0.2, 0) is 10.0 Å². The first-order valence-corrected chi connectivity index (χ1v) is 5.96. The lowest BCUT2D eigenvalue weighted by molar-refractivity contribution is 0.463.